The Hall–Kier alpha value is -3.69. The Balaban J connectivity index is 0.000000297. The number of rotatable bonds is 24. The topological polar surface area (TPSA) is 187 Å². The van der Waals surface area contributed by atoms with Crippen molar-refractivity contribution in [1.29, 1.82) is 5.26 Å². The molecule has 0 saturated carbocycles. The van der Waals surface area contributed by atoms with Crippen LogP contribution in [0.3, 0.4) is 0 Å². The molecule has 4 aromatic rings. The minimum atomic E-state index is -1.24. The van der Waals surface area contributed by atoms with Crippen molar-refractivity contribution in [3.8, 4) is 6.07 Å². The molecule has 4 aromatic heterocycles. The molecule has 0 bridgehead atoms. The average molecular weight is 1310 g/mol. The van der Waals surface area contributed by atoms with Crippen LogP contribution in [0, 0.1) is 14.9 Å². The molecule has 0 spiro atoms. The van der Waals surface area contributed by atoms with E-state index in [0.717, 1.165) is 95.3 Å². The van der Waals surface area contributed by atoms with Gasteiger partial charge in [-0.15, -0.1) is 0 Å². The number of amides is 2. The molecule has 2 amide bonds. The van der Waals surface area contributed by atoms with E-state index in [2.05, 4.69) is 128 Å². The fourth-order valence-electron chi connectivity index (χ4n) is 8.82. The van der Waals surface area contributed by atoms with Crippen molar-refractivity contribution in [2.45, 2.75) is 193 Å². The zero-order valence-corrected chi connectivity index (χ0v) is 58.8. The number of anilines is 2. The monoisotopic (exact) mass is 1310 g/mol. The second-order valence-electron chi connectivity index (χ2n) is 28.7. The van der Waals surface area contributed by atoms with Crippen LogP contribution in [-0.4, -0.2) is 174 Å². The van der Waals surface area contributed by atoms with E-state index >= 15 is 0 Å². The third-order valence-electron chi connectivity index (χ3n) is 13.6. The molecule has 81 heavy (non-hydrogen) atoms. The van der Waals surface area contributed by atoms with Gasteiger partial charge in [-0.1, -0.05) is 78.6 Å². The van der Waals surface area contributed by atoms with Crippen molar-refractivity contribution in [3.05, 3.63) is 45.0 Å². The van der Waals surface area contributed by atoms with Gasteiger partial charge >= 0.3 is 12.2 Å². The largest absolute Gasteiger partial charge is 0.444 e. The summed E-state index contributed by atoms with van der Waals surface area (Å²) in [7, 11) is -4.90. The van der Waals surface area contributed by atoms with Crippen LogP contribution in [0.4, 0.5) is 21.2 Å². The maximum atomic E-state index is 12.9. The summed E-state index contributed by atoms with van der Waals surface area (Å²) in [5.41, 5.74) is 2.44. The maximum absolute atomic E-state index is 12.9. The van der Waals surface area contributed by atoms with Gasteiger partial charge in [0.1, 0.15) is 61.4 Å². The summed E-state index contributed by atoms with van der Waals surface area (Å²) in [6.45, 7) is 46.3. The van der Waals surface area contributed by atoms with Crippen molar-refractivity contribution >= 4 is 90.0 Å². The van der Waals surface area contributed by atoms with E-state index in [9.17, 15) is 14.9 Å². The molecule has 0 aromatic carbocycles. The van der Waals surface area contributed by atoms with Crippen LogP contribution in [0.25, 0.3) is 11.3 Å². The molecule has 2 aliphatic rings. The van der Waals surface area contributed by atoms with Gasteiger partial charge in [0.25, 0.3) is 0 Å². The number of carbonyl (C=O) groups excluding carboxylic acids is 2. The van der Waals surface area contributed by atoms with Gasteiger partial charge in [0.05, 0.1) is 27.4 Å². The second kappa shape index (κ2) is 29.4. The number of aromatic nitrogens is 6. The van der Waals surface area contributed by atoms with E-state index in [1.54, 1.807) is 15.6 Å². The second-order valence-corrected chi connectivity index (χ2v) is 52.4. The molecule has 0 N–H and O–H groups in total. The predicted molar refractivity (Wildman–Crippen MR) is 344 cm³/mol. The van der Waals surface area contributed by atoms with Crippen LogP contribution < -0.4 is 9.80 Å². The molecule has 0 radical (unpaired) electrons. The van der Waals surface area contributed by atoms with Gasteiger partial charge in [-0.25, -0.2) is 19.6 Å². The Morgan fingerprint density at radius 1 is 0.593 bits per heavy atom. The smallest absolute Gasteiger partial charge is 0.410 e. The quantitative estimate of drug-likeness (QED) is 0.0279. The molecular formula is C57H100IN11O8Si4. The van der Waals surface area contributed by atoms with E-state index in [4.69, 9.17) is 38.4 Å². The van der Waals surface area contributed by atoms with E-state index in [-0.39, 0.29) is 24.0 Å². The molecule has 24 heteroatoms. The first-order chi connectivity index (χ1) is 37.6. The molecule has 2 atom stereocenters. The lowest BCUT2D eigenvalue weighted by Gasteiger charge is -2.34. The molecule has 2 fully saturated rings. The van der Waals surface area contributed by atoms with Crippen LogP contribution in [0.15, 0.2) is 24.5 Å². The van der Waals surface area contributed by atoms with E-state index < -0.39 is 43.5 Å². The number of fused-ring (bicyclic) bond motifs is 2. The molecule has 19 nitrogen and oxygen atoms in total. The number of hydrogen-bond donors (Lipinski definition) is 0. The number of carbonyl (C=O) groups is 2. The fraction of sp³-hybridized carbons (Fsp3) is 0.737. The minimum Gasteiger partial charge on any atom is -0.444 e. The summed E-state index contributed by atoms with van der Waals surface area (Å²) in [4.78, 5) is 43.4. The van der Waals surface area contributed by atoms with Crippen LogP contribution >= 0.6 is 22.6 Å². The number of piperidine rings is 2. The predicted octanol–water partition coefficient (Wildman–Crippen LogP) is 13.0. The summed E-state index contributed by atoms with van der Waals surface area (Å²) >= 11 is 2.29. The van der Waals surface area contributed by atoms with Crippen LogP contribution in [-0.2, 0) is 28.4 Å². The number of nitrogens with zero attached hydrogens (tertiary/aromatic N) is 11. The minimum absolute atomic E-state index is 0.00364. The standard InChI is InChI=1S/C29H50N6O4Si2.C28H50IN5O4Si2/c1-29(2,3)39-28(36)33-12-10-11-23(20-33)25-17-26(35-27(32-25)24(18-30)19-31-35)34(21-37-13-15-40(4,5)6)22-38-14-16-41(7,8)9;1-28(2,3)38-27(35)32-12-10-11-22(19-32)24-17-25(34-26(31-24)23(29)18-30-34)33(20-36-13-15-39(4,5)6)21-37-14-16-40(7,8)9/h17,19,23H,10-16,20-22H2,1-9H3;17-18,22H,10-16,19-21H2,1-9H3. The zero-order valence-electron chi connectivity index (χ0n) is 52.7. The molecular weight excluding hydrogens is 1210 g/mol. The van der Waals surface area contributed by atoms with Crippen molar-refractivity contribution in [2.75, 3.05) is 89.3 Å². The lowest BCUT2D eigenvalue weighted by Crippen LogP contribution is -2.42. The van der Waals surface area contributed by atoms with E-state index in [1.807, 2.05) is 68.1 Å². The highest BCUT2D eigenvalue weighted by Gasteiger charge is 2.33. The Morgan fingerprint density at radius 3 is 1.28 bits per heavy atom. The highest BCUT2D eigenvalue weighted by atomic mass is 127. The van der Waals surface area contributed by atoms with Crippen molar-refractivity contribution in [3.63, 3.8) is 0 Å². The van der Waals surface area contributed by atoms with Gasteiger partial charge in [-0.05, 0) is 114 Å². The Morgan fingerprint density at radius 2 is 0.938 bits per heavy atom. The number of ether oxygens (including phenoxy) is 6. The van der Waals surface area contributed by atoms with Crippen LogP contribution in [0.5, 0.6) is 0 Å². The number of halogens is 1. The van der Waals surface area contributed by atoms with Gasteiger partial charge in [-0.3, -0.25) is 0 Å². The zero-order chi connectivity index (χ0) is 60.1. The molecule has 0 aliphatic carbocycles. The van der Waals surface area contributed by atoms with E-state index in [0.29, 0.717) is 77.5 Å². The molecule has 454 valence electrons. The number of nitriles is 1. The first-order valence-electron chi connectivity index (χ1n) is 29.2. The number of hydrogen-bond acceptors (Lipinski definition) is 15. The Kier molecular flexibility index (Phi) is 24.7. The number of likely N-dealkylation sites (tertiary alicyclic amines) is 2. The van der Waals surface area contributed by atoms with Crippen LogP contribution in [0.2, 0.25) is 103 Å². The molecule has 2 saturated heterocycles. The molecule has 6 rings (SSSR count). The van der Waals surface area contributed by atoms with Crippen molar-refractivity contribution in [1.82, 2.24) is 39.0 Å². The van der Waals surface area contributed by atoms with Crippen LogP contribution in [0.1, 0.15) is 96.0 Å². The van der Waals surface area contributed by atoms with Gasteiger partial charge in [0.15, 0.2) is 11.3 Å². The third-order valence-corrected chi connectivity index (χ3v) is 21.2. The fourth-order valence-corrected chi connectivity index (χ4v) is 12.3. The first-order valence-corrected chi connectivity index (χ1v) is 45.1. The SMILES string of the molecule is CC(C)(C)OC(=O)N1CCCC(c2cc(N(COCC[Si](C)(C)C)COCC[Si](C)(C)C)n3ncc(C#N)c3n2)C1.CC(C)(C)OC(=O)N1CCCC(c2cc(N(COCC[Si](C)(C)C)COCC[Si](C)(C)C)n3ncc(I)c3n2)C1. The lowest BCUT2D eigenvalue weighted by atomic mass is 9.94. The van der Waals surface area contributed by atoms with Gasteiger partial charge in [-0.2, -0.15) is 24.5 Å². The normalized spacial score (nSPS) is 16.8. The van der Waals surface area contributed by atoms with Crippen molar-refractivity contribution < 1.29 is 38.0 Å². The van der Waals surface area contributed by atoms with Gasteiger partial charge in [0, 0.05) is 109 Å². The van der Waals surface area contributed by atoms with Gasteiger partial charge in [0.2, 0.25) is 0 Å². The summed E-state index contributed by atoms with van der Waals surface area (Å²) in [5, 5.41) is 19.0. The van der Waals surface area contributed by atoms with Crippen molar-refractivity contribution in [2.24, 2.45) is 0 Å². The van der Waals surface area contributed by atoms with E-state index in [1.165, 1.54) is 0 Å². The highest BCUT2D eigenvalue weighted by Crippen LogP contribution is 2.33. The third kappa shape index (κ3) is 23.4. The molecule has 6 heterocycles. The maximum Gasteiger partial charge on any atom is 0.410 e. The van der Waals surface area contributed by atoms with Gasteiger partial charge < -0.3 is 48.0 Å². The summed E-state index contributed by atoms with van der Waals surface area (Å²) in [6, 6.07) is 10.7. The summed E-state index contributed by atoms with van der Waals surface area (Å²) < 4.78 is 40.7. The molecule has 2 aliphatic heterocycles. The highest BCUT2D eigenvalue weighted by molar-refractivity contribution is 14.1. The summed E-state index contributed by atoms with van der Waals surface area (Å²) in [5.74, 6) is 1.78. The lowest BCUT2D eigenvalue weighted by molar-refractivity contribution is 0.0187. The average Bonchev–Trinajstić information content (AvgIpc) is 3.97. The summed E-state index contributed by atoms with van der Waals surface area (Å²) in [6.07, 6.45) is 6.44. The molecule has 2 unspecified atom stereocenters. The first kappa shape index (κ1) is 68.1. The Bertz CT molecular complexity index is 2660. The Labute approximate surface area is 502 Å².